The third kappa shape index (κ3) is 3.59. The van der Waals surface area contributed by atoms with Crippen LogP contribution in [0, 0.1) is 0 Å². The molecule has 7 heteroatoms. The van der Waals surface area contributed by atoms with Crippen LogP contribution in [0.2, 0.25) is 0 Å². The van der Waals surface area contributed by atoms with E-state index in [1.165, 1.54) is 0 Å². The van der Waals surface area contributed by atoms with Crippen LogP contribution in [0.1, 0.15) is 44.3 Å². The minimum absolute atomic E-state index is 0.0892. The van der Waals surface area contributed by atoms with Crippen molar-refractivity contribution < 1.29 is 14.1 Å². The van der Waals surface area contributed by atoms with E-state index in [1.807, 2.05) is 13.8 Å². The Morgan fingerprint density at radius 1 is 1.53 bits per heavy atom. The number of nitrogens with zero attached hydrogens (tertiary/aromatic N) is 3. The van der Waals surface area contributed by atoms with E-state index in [2.05, 4.69) is 10.1 Å². The summed E-state index contributed by atoms with van der Waals surface area (Å²) in [6.07, 6.45) is 1.29. The second-order valence-corrected chi connectivity index (χ2v) is 5.14. The highest BCUT2D eigenvalue weighted by molar-refractivity contribution is 6.16. The molecule has 0 aromatic carbocycles. The van der Waals surface area contributed by atoms with Gasteiger partial charge in [0.05, 0.1) is 6.10 Å². The van der Waals surface area contributed by atoms with Crippen LogP contribution in [-0.4, -0.2) is 40.3 Å². The maximum Gasteiger partial charge on any atom is 0.410 e. The summed E-state index contributed by atoms with van der Waals surface area (Å²) in [5.74, 6) is 1.58. The number of piperidine rings is 1. The van der Waals surface area contributed by atoms with E-state index in [4.69, 9.17) is 20.9 Å². The zero-order valence-electron chi connectivity index (χ0n) is 11.1. The molecule has 6 nitrogen and oxygen atoms in total. The highest BCUT2D eigenvalue weighted by Gasteiger charge is 2.27. The van der Waals surface area contributed by atoms with Gasteiger partial charge in [-0.1, -0.05) is 5.16 Å². The van der Waals surface area contributed by atoms with Crippen LogP contribution in [0.15, 0.2) is 4.52 Å². The molecule has 1 saturated heterocycles. The number of hydrogen-bond acceptors (Lipinski definition) is 5. The minimum atomic E-state index is -0.247. The van der Waals surface area contributed by atoms with Crippen LogP contribution < -0.4 is 0 Å². The number of aromatic nitrogens is 2. The lowest BCUT2D eigenvalue weighted by Crippen LogP contribution is -2.39. The highest BCUT2D eigenvalue weighted by Crippen LogP contribution is 2.26. The number of alkyl halides is 1. The zero-order chi connectivity index (χ0) is 13.8. The molecular formula is C12H18ClN3O3. The molecule has 0 bridgehead atoms. The fourth-order valence-electron chi connectivity index (χ4n) is 2.08. The summed E-state index contributed by atoms with van der Waals surface area (Å²) in [5, 5.41) is 3.92. The van der Waals surface area contributed by atoms with Gasteiger partial charge in [-0.3, -0.25) is 0 Å². The van der Waals surface area contributed by atoms with E-state index in [-0.39, 0.29) is 24.0 Å². The summed E-state index contributed by atoms with van der Waals surface area (Å²) in [5.41, 5.74) is 0. The lowest BCUT2D eigenvalue weighted by atomic mass is 9.96. The van der Waals surface area contributed by atoms with Crippen LogP contribution in [-0.2, 0) is 10.6 Å². The van der Waals surface area contributed by atoms with Gasteiger partial charge in [-0.15, -0.1) is 11.6 Å². The first kappa shape index (κ1) is 14.1. The largest absolute Gasteiger partial charge is 0.447 e. The highest BCUT2D eigenvalue weighted by atomic mass is 35.5. The summed E-state index contributed by atoms with van der Waals surface area (Å²) < 4.78 is 10.2. The number of halogens is 1. The molecule has 1 fully saturated rings. The maximum atomic E-state index is 11.7. The molecule has 0 spiro atoms. The van der Waals surface area contributed by atoms with Gasteiger partial charge < -0.3 is 14.2 Å². The van der Waals surface area contributed by atoms with Gasteiger partial charge >= 0.3 is 6.09 Å². The molecule has 2 heterocycles. The molecule has 0 saturated carbocycles. The predicted octanol–water partition coefficient (Wildman–Crippen LogP) is 2.53. The van der Waals surface area contributed by atoms with Gasteiger partial charge in [-0.05, 0) is 26.7 Å². The Bertz CT molecular complexity index is 428. The quantitative estimate of drug-likeness (QED) is 0.799. The van der Waals surface area contributed by atoms with Gasteiger partial charge in [0.15, 0.2) is 5.82 Å². The lowest BCUT2D eigenvalue weighted by Gasteiger charge is -2.30. The van der Waals surface area contributed by atoms with Crippen molar-refractivity contribution in [3.8, 4) is 0 Å². The Morgan fingerprint density at radius 3 is 2.74 bits per heavy atom. The Hall–Kier alpha value is -1.30. The summed E-state index contributed by atoms with van der Waals surface area (Å²) in [6.45, 7) is 5.00. The first-order chi connectivity index (χ1) is 9.10. The Balaban J connectivity index is 1.86. The van der Waals surface area contributed by atoms with Crippen molar-refractivity contribution in [2.45, 2.75) is 44.6 Å². The predicted molar refractivity (Wildman–Crippen MR) is 69.0 cm³/mol. The van der Waals surface area contributed by atoms with E-state index < -0.39 is 0 Å². The first-order valence-electron chi connectivity index (χ1n) is 6.44. The molecule has 1 aromatic rings. The van der Waals surface area contributed by atoms with Crippen LogP contribution >= 0.6 is 11.6 Å². The number of likely N-dealkylation sites (tertiary alicyclic amines) is 1. The Morgan fingerprint density at radius 2 is 2.21 bits per heavy atom. The molecule has 0 atom stereocenters. The van der Waals surface area contributed by atoms with Crippen molar-refractivity contribution >= 4 is 17.7 Å². The van der Waals surface area contributed by atoms with Crippen LogP contribution in [0.3, 0.4) is 0 Å². The van der Waals surface area contributed by atoms with E-state index in [9.17, 15) is 4.79 Å². The van der Waals surface area contributed by atoms with Crippen LogP contribution in [0.25, 0.3) is 0 Å². The standard InChI is InChI=1S/C12H18ClN3O3/c1-8(2)18-12(17)16-5-3-9(4-6-16)11-14-10(7-13)19-15-11/h8-9H,3-7H2,1-2H3. The van der Waals surface area contributed by atoms with Crippen molar-refractivity contribution in [2.24, 2.45) is 0 Å². The van der Waals surface area contributed by atoms with Crippen molar-refractivity contribution in [3.63, 3.8) is 0 Å². The van der Waals surface area contributed by atoms with Crippen molar-refractivity contribution in [3.05, 3.63) is 11.7 Å². The van der Waals surface area contributed by atoms with Crippen molar-refractivity contribution in [2.75, 3.05) is 13.1 Å². The van der Waals surface area contributed by atoms with E-state index in [1.54, 1.807) is 4.90 Å². The molecule has 1 amide bonds. The first-order valence-corrected chi connectivity index (χ1v) is 6.97. The monoisotopic (exact) mass is 287 g/mol. The third-order valence-electron chi connectivity index (χ3n) is 3.05. The number of carbonyl (C=O) groups excluding carboxylic acids is 1. The van der Waals surface area contributed by atoms with Crippen molar-refractivity contribution in [1.82, 2.24) is 15.0 Å². The summed E-state index contributed by atoms with van der Waals surface area (Å²) in [6, 6.07) is 0. The number of ether oxygens (including phenoxy) is 1. The molecule has 0 aliphatic carbocycles. The van der Waals surface area contributed by atoms with E-state index in [0.717, 1.165) is 12.8 Å². The topological polar surface area (TPSA) is 68.5 Å². The summed E-state index contributed by atoms with van der Waals surface area (Å²) >= 11 is 5.63. The normalized spacial score (nSPS) is 16.9. The van der Waals surface area contributed by atoms with E-state index >= 15 is 0 Å². The Labute approximate surface area is 117 Å². The summed E-state index contributed by atoms with van der Waals surface area (Å²) in [7, 11) is 0. The maximum absolute atomic E-state index is 11.7. The minimum Gasteiger partial charge on any atom is -0.447 e. The van der Waals surface area contributed by atoms with Crippen LogP contribution in [0.4, 0.5) is 4.79 Å². The molecule has 2 rings (SSSR count). The van der Waals surface area contributed by atoms with Gasteiger partial charge in [0, 0.05) is 19.0 Å². The molecule has 1 aliphatic rings. The van der Waals surface area contributed by atoms with Gasteiger partial charge in [0.2, 0.25) is 5.89 Å². The SMILES string of the molecule is CC(C)OC(=O)N1CCC(c2noc(CCl)n2)CC1. The average Bonchev–Trinajstić information content (AvgIpc) is 2.87. The van der Waals surface area contributed by atoms with E-state index in [0.29, 0.717) is 24.8 Å². The molecule has 1 aromatic heterocycles. The third-order valence-corrected chi connectivity index (χ3v) is 3.28. The second kappa shape index (κ2) is 6.23. The second-order valence-electron chi connectivity index (χ2n) is 4.87. The number of carbonyl (C=O) groups is 1. The average molecular weight is 288 g/mol. The molecule has 0 unspecified atom stereocenters. The molecule has 0 radical (unpaired) electrons. The van der Waals surface area contributed by atoms with Crippen LogP contribution in [0.5, 0.6) is 0 Å². The number of amides is 1. The van der Waals surface area contributed by atoms with Gasteiger partial charge in [-0.2, -0.15) is 4.98 Å². The molecular weight excluding hydrogens is 270 g/mol. The van der Waals surface area contributed by atoms with Gasteiger partial charge in [0.25, 0.3) is 0 Å². The lowest BCUT2D eigenvalue weighted by molar-refractivity contribution is 0.0688. The number of hydrogen-bond donors (Lipinski definition) is 0. The Kier molecular flexibility index (Phi) is 4.63. The van der Waals surface area contributed by atoms with Gasteiger partial charge in [-0.25, -0.2) is 4.79 Å². The van der Waals surface area contributed by atoms with Crippen molar-refractivity contribution in [1.29, 1.82) is 0 Å². The number of rotatable bonds is 3. The molecule has 19 heavy (non-hydrogen) atoms. The zero-order valence-corrected chi connectivity index (χ0v) is 11.9. The van der Waals surface area contributed by atoms with Gasteiger partial charge in [0.1, 0.15) is 5.88 Å². The molecule has 106 valence electrons. The fraction of sp³-hybridized carbons (Fsp3) is 0.750. The fourth-order valence-corrected chi connectivity index (χ4v) is 2.19. The smallest absolute Gasteiger partial charge is 0.410 e. The molecule has 1 aliphatic heterocycles. The summed E-state index contributed by atoms with van der Waals surface area (Å²) in [4.78, 5) is 17.7. The molecule has 0 N–H and O–H groups in total.